The number of rotatable bonds is 6. The number of nitrogens with one attached hydrogen (secondary N) is 3. The zero-order valence-corrected chi connectivity index (χ0v) is 12.7. The molecule has 1 amide bonds. The predicted molar refractivity (Wildman–Crippen MR) is 84.3 cm³/mol. The summed E-state index contributed by atoms with van der Waals surface area (Å²) in [6.45, 7) is 3.91. The summed E-state index contributed by atoms with van der Waals surface area (Å²) < 4.78 is 0. The van der Waals surface area contributed by atoms with Crippen molar-refractivity contribution in [1.82, 2.24) is 25.2 Å². The van der Waals surface area contributed by atoms with Crippen LogP contribution in [0.5, 0.6) is 0 Å². The minimum Gasteiger partial charge on any atom is -0.357 e. The van der Waals surface area contributed by atoms with Crippen molar-refractivity contribution >= 4 is 5.91 Å². The Labute approximate surface area is 130 Å². The molecule has 0 unspecified atom stereocenters. The molecular weight excluding hydrogens is 278 g/mol. The average Bonchev–Trinajstić information content (AvgIpc) is 3.21. The SMILES string of the molecule is O=C(NCC[C@H]1CCCN(Cc2cnc[nH]2)C1)c1ccc[nH]1. The number of likely N-dealkylation sites (tertiary alicyclic amines) is 1. The Hall–Kier alpha value is -2.08. The Morgan fingerprint density at radius 1 is 1.45 bits per heavy atom. The van der Waals surface area contributed by atoms with Gasteiger partial charge in [-0.05, 0) is 43.9 Å². The van der Waals surface area contributed by atoms with Gasteiger partial charge < -0.3 is 15.3 Å². The molecule has 3 heterocycles. The van der Waals surface area contributed by atoms with Crippen molar-refractivity contribution in [2.24, 2.45) is 5.92 Å². The van der Waals surface area contributed by atoms with Crippen molar-refractivity contribution in [3.8, 4) is 0 Å². The van der Waals surface area contributed by atoms with E-state index in [2.05, 4.69) is 25.2 Å². The first kappa shape index (κ1) is 14.8. The number of carbonyl (C=O) groups is 1. The van der Waals surface area contributed by atoms with Crippen molar-refractivity contribution in [1.29, 1.82) is 0 Å². The second-order valence-corrected chi connectivity index (χ2v) is 5.95. The van der Waals surface area contributed by atoms with Crippen molar-refractivity contribution in [2.75, 3.05) is 19.6 Å². The molecule has 22 heavy (non-hydrogen) atoms. The van der Waals surface area contributed by atoms with Crippen LogP contribution in [-0.4, -0.2) is 45.4 Å². The van der Waals surface area contributed by atoms with E-state index in [0.29, 0.717) is 11.6 Å². The molecule has 1 atom stereocenters. The highest BCUT2D eigenvalue weighted by molar-refractivity contribution is 5.92. The summed E-state index contributed by atoms with van der Waals surface area (Å²) in [5.74, 6) is 0.635. The number of nitrogens with zero attached hydrogens (tertiary/aromatic N) is 2. The third kappa shape index (κ3) is 3.98. The molecule has 1 aliphatic rings. The fourth-order valence-corrected chi connectivity index (χ4v) is 3.10. The molecule has 118 valence electrons. The van der Waals surface area contributed by atoms with Crippen LogP contribution >= 0.6 is 0 Å². The van der Waals surface area contributed by atoms with E-state index in [4.69, 9.17) is 0 Å². The number of amides is 1. The summed E-state index contributed by atoms with van der Waals surface area (Å²) in [5, 5.41) is 2.99. The lowest BCUT2D eigenvalue weighted by Gasteiger charge is -2.32. The Morgan fingerprint density at radius 3 is 3.18 bits per heavy atom. The molecule has 0 aliphatic carbocycles. The van der Waals surface area contributed by atoms with E-state index in [-0.39, 0.29) is 5.91 Å². The van der Waals surface area contributed by atoms with Crippen LogP contribution in [0.4, 0.5) is 0 Å². The van der Waals surface area contributed by atoms with E-state index < -0.39 is 0 Å². The molecule has 0 bridgehead atoms. The van der Waals surface area contributed by atoms with Crippen LogP contribution < -0.4 is 5.32 Å². The van der Waals surface area contributed by atoms with Crippen molar-refractivity contribution in [3.63, 3.8) is 0 Å². The number of hydrogen-bond donors (Lipinski definition) is 3. The Bertz CT molecular complexity index is 563. The zero-order valence-electron chi connectivity index (χ0n) is 12.7. The third-order valence-electron chi connectivity index (χ3n) is 4.23. The molecule has 6 heteroatoms. The van der Waals surface area contributed by atoms with Crippen LogP contribution in [0.15, 0.2) is 30.9 Å². The van der Waals surface area contributed by atoms with Gasteiger partial charge in [0.05, 0.1) is 6.33 Å². The predicted octanol–water partition coefficient (Wildman–Crippen LogP) is 1.77. The molecule has 3 rings (SSSR count). The molecule has 0 aromatic carbocycles. The van der Waals surface area contributed by atoms with Gasteiger partial charge in [0, 0.05) is 37.7 Å². The zero-order chi connectivity index (χ0) is 15.2. The summed E-state index contributed by atoms with van der Waals surface area (Å²) >= 11 is 0. The second-order valence-electron chi connectivity index (χ2n) is 5.95. The number of H-pyrrole nitrogens is 2. The smallest absolute Gasteiger partial charge is 0.267 e. The summed E-state index contributed by atoms with van der Waals surface area (Å²) in [4.78, 5) is 24.5. The van der Waals surface area contributed by atoms with Gasteiger partial charge in [-0.25, -0.2) is 4.98 Å². The number of carbonyl (C=O) groups excluding carboxylic acids is 1. The number of hydrogen-bond acceptors (Lipinski definition) is 3. The quantitative estimate of drug-likeness (QED) is 0.761. The lowest BCUT2D eigenvalue weighted by Crippen LogP contribution is -2.36. The molecule has 0 spiro atoms. The monoisotopic (exact) mass is 301 g/mol. The summed E-state index contributed by atoms with van der Waals surface area (Å²) in [6, 6.07) is 3.63. The van der Waals surface area contributed by atoms with Crippen LogP contribution in [0.25, 0.3) is 0 Å². The minimum absolute atomic E-state index is 0.0184. The van der Waals surface area contributed by atoms with Crippen molar-refractivity contribution in [2.45, 2.75) is 25.8 Å². The van der Waals surface area contributed by atoms with Gasteiger partial charge in [-0.2, -0.15) is 0 Å². The maximum Gasteiger partial charge on any atom is 0.267 e. The Balaban J connectivity index is 1.40. The van der Waals surface area contributed by atoms with Gasteiger partial charge in [-0.1, -0.05) is 0 Å². The van der Waals surface area contributed by atoms with Gasteiger partial charge >= 0.3 is 0 Å². The first-order valence-corrected chi connectivity index (χ1v) is 7.92. The molecule has 0 saturated carbocycles. The number of aromatic amines is 2. The normalized spacial score (nSPS) is 19.2. The summed E-state index contributed by atoms with van der Waals surface area (Å²) in [7, 11) is 0. The van der Waals surface area contributed by atoms with Gasteiger partial charge in [0.2, 0.25) is 0 Å². The van der Waals surface area contributed by atoms with Crippen LogP contribution in [0.1, 0.15) is 35.4 Å². The van der Waals surface area contributed by atoms with Gasteiger partial charge in [0.25, 0.3) is 5.91 Å². The van der Waals surface area contributed by atoms with Gasteiger partial charge in [-0.3, -0.25) is 9.69 Å². The van der Waals surface area contributed by atoms with Crippen LogP contribution in [0, 0.1) is 5.92 Å². The number of aromatic nitrogens is 3. The topological polar surface area (TPSA) is 76.8 Å². The van der Waals surface area contributed by atoms with Crippen molar-refractivity contribution in [3.05, 3.63) is 42.2 Å². The summed E-state index contributed by atoms with van der Waals surface area (Å²) in [5.41, 5.74) is 1.80. The minimum atomic E-state index is -0.0184. The maximum absolute atomic E-state index is 11.9. The number of imidazole rings is 1. The Morgan fingerprint density at radius 2 is 2.41 bits per heavy atom. The lowest BCUT2D eigenvalue weighted by molar-refractivity contribution is 0.0942. The molecule has 2 aromatic rings. The van der Waals surface area contributed by atoms with Crippen molar-refractivity contribution < 1.29 is 4.79 Å². The van der Waals surface area contributed by atoms with Crippen LogP contribution in [0.3, 0.4) is 0 Å². The van der Waals surface area contributed by atoms with Crippen LogP contribution in [0.2, 0.25) is 0 Å². The molecule has 1 aliphatic heterocycles. The third-order valence-corrected chi connectivity index (χ3v) is 4.23. The molecule has 1 fully saturated rings. The molecule has 2 aromatic heterocycles. The van der Waals surface area contributed by atoms with E-state index in [1.54, 1.807) is 18.6 Å². The first-order chi connectivity index (χ1) is 10.8. The van der Waals surface area contributed by atoms with E-state index >= 15 is 0 Å². The average molecular weight is 301 g/mol. The van der Waals surface area contributed by atoms with Gasteiger partial charge in [-0.15, -0.1) is 0 Å². The van der Waals surface area contributed by atoms with E-state index in [1.165, 1.54) is 18.5 Å². The highest BCUT2D eigenvalue weighted by atomic mass is 16.1. The molecule has 0 radical (unpaired) electrons. The van der Waals surface area contributed by atoms with Gasteiger partial charge in [0.15, 0.2) is 0 Å². The Kier molecular flexibility index (Phi) is 4.90. The van der Waals surface area contributed by atoms with E-state index in [1.807, 2.05) is 12.3 Å². The first-order valence-electron chi connectivity index (χ1n) is 7.92. The highest BCUT2D eigenvalue weighted by Crippen LogP contribution is 2.20. The highest BCUT2D eigenvalue weighted by Gasteiger charge is 2.20. The fraction of sp³-hybridized carbons (Fsp3) is 0.500. The van der Waals surface area contributed by atoms with Crippen LogP contribution in [-0.2, 0) is 6.54 Å². The summed E-state index contributed by atoms with van der Waals surface area (Å²) in [6.07, 6.45) is 8.89. The fourth-order valence-electron chi connectivity index (χ4n) is 3.10. The van der Waals surface area contributed by atoms with E-state index in [0.717, 1.165) is 32.6 Å². The molecule has 6 nitrogen and oxygen atoms in total. The number of piperidine rings is 1. The largest absolute Gasteiger partial charge is 0.357 e. The molecule has 1 saturated heterocycles. The molecular formula is C16H23N5O. The molecule has 3 N–H and O–H groups in total. The standard InChI is InChI=1S/C16H23N5O/c22-16(15-4-1-6-18-15)19-7-5-13-3-2-8-21(10-13)11-14-9-17-12-20-14/h1,4,6,9,12-13,18H,2-3,5,7-8,10-11H2,(H,17,20)(H,19,22)/t13-/m1/s1. The lowest BCUT2D eigenvalue weighted by atomic mass is 9.94. The van der Waals surface area contributed by atoms with E-state index in [9.17, 15) is 4.79 Å². The second kappa shape index (κ2) is 7.26. The van der Waals surface area contributed by atoms with Gasteiger partial charge in [0.1, 0.15) is 5.69 Å². The maximum atomic E-state index is 11.9.